The molecule has 0 spiro atoms. The van der Waals surface area contributed by atoms with Crippen LogP contribution in [0.25, 0.3) is 0 Å². The fraction of sp³-hybridized carbons (Fsp3) is 0.143. The van der Waals surface area contributed by atoms with Gasteiger partial charge in [-0.1, -0.05) is 6.07 Å². The van der Waals surface area contributed by atoms with Gasteiger partial charge in [0.05, 0.1) is 12.8 Å². The molecule has 19 heavy (non-hydrogen) atoms. The number of methoxy groups -OCH3 is 1. The first-order valence-corrected chi connectivity index (χ1v) is 5.65. The summed E-state index contributed by atoms with van der Waals surface area (Å²) in [4.78, 5) is 3.97. The standard InChI is InChI=1S/C14H13N3O2/c1-18-14-5-4-11(7-12(14)16)19-9-10-3-2-6-17-13(10)8-15/h2-7H,9,16H2,1H3. The third-order valence-electron chi connectivity index (χ3n) is 2.59. The average molecular weight is 255 g/mol. The number of nitriles is 1. The Morgan fingerprint density at radius 3 is 2.89 bits per heavy atom. The molecule has 5 heteroatoms. The highest BCUT2D eigenvalue weighted by Crippen LogP contribution is 2.26. The lowest BCUT2D eigenvalue weighted by Gasteiger charge is -2.09. The van der Waals surface area contributed by atoms with Gasteiger partial charge in [0.15, 0.2) is 0 Å². The highest BCUT2D eigenvalue weighted by Gasteiger charge is 2.05. The van der Waals surface area contributed by atoms with Crippen LogP contribution in [0.15, 0.2) is 36.5 Å². The molecule has 0 aliphatic rings. The van der Waals surface area contributed by atoms with Gasteiger partial charge < -0.3 is 15.2 Å². The largest absolute Gasteiger partial charge is 0.495 e. The predicted molar refractivity (Wildman–Crippen MR) is 70.7 cm³/mol. The second-order valence-corrected chi connectivity index (χ2v) is 3.82. The molecule has 0 atom stereocenters. The zero-order valence-electron chi connectivity index (χ0n) is 10.5. The van der Waals surface area contributed by atoms with E-state index in [-0.39, 0.29) is 6.61 Å². The minimum atomic E-state index is 0.266. The van der Waals surface area contributed by atoms with Crippen molar-refractivity contribution in [3.8, 4) is 17.6 Å². The number of nitrogen functional groups attached to an aromatic ring is 1. The van der Waals surface area contributed by atoms with Gasteiger partial charge in [0, 0.05) is 17.8 Å². The summed E-state index contributed by atoms with van der Waals surface area (Å²) in [6.45, 7) is 0.266. The Kier molecular flexibility index (Phi) is 3.84. The van der Waals surface area contributed by atoms with Crippen LogP contribution in [0.1, 0.15) is 11.3 Å². The Bertz CT molecular complexity index is 620. The van der Waals surface area contributed by atoms with Gasteiger partial charge in [0.2, 0.25) is 0 Å². The highest BCUT2D eigenvalue weighted by atomic mass is 16.5. The van der Waals surface area contributed by atoms with Crippen LogP contribution in [0.5, 0.6) is 11.5 Å². The van der Waals surface area contributed by atoms with Crippen LogP contribution >= 0.6 is 0 Å². The lowest BCUT2D eigenvalue weighted by atomic mass is 10.2. The summed E-state index contributed by atoms with van der Waals surface area (Å²) in [5.41, 5.74) is 7.39. The van der Waals surface area contributed by atoms with E-state index in [4.69, 9.17) is 20.5 Å². The third-order valence-corrected chi connectivity index (χ3v) is 2.59. The molecular weight excluding hydrogens is 242 g/mol. The smallest absolute Gasteiger partial charge is 0.147 e. The number of hydrogen-bond donors (Lipinski definition) is 1. The second kappa shape index (κ2) is 5.74. The van der Waals surface area contributed by atoms with E-state index in [2.05, 4.69) is 4.98 Å². The molecule has 2 rings (SSSR count). The first-order valence-electron chi connectivity index (χ1n) is 5.65. The molecule has 1 aromatic heterocycles. The Morgan fingerprint density at radius 2 is 2.21 bits per heavy atom. The summed E-state index contributed by atoms with van der Waals surface area (Å²) in [6, 6.07) is 10.8. The van der Waals surface area contributed by atoms with Gasteiger partial charge in [-0.25, -0.2) is 4.98 Å². The van der Waals surface area contributed by atoms with Crippen LogP contribution in [0, 0.1) is 11.3 Å². The molecule has 0 saturated heterocycles. The van der Waals surface area contributed by atoms with E-state index in [0.717, 1.165) is 5.56 Å². The number of nitrogens with zero attached hydrogens (tertiary/aromatic N) is 2. The minimum Gasteiger partial charge on any atom is -0.495 e. The topological polar surface area (TPSA) is 81.2 Å². The summed E-state index contributed by atoms with van der Waals surface area (Å²) in [6.07, 6.45) is 1.58. The van der Waals surface area contributed by atoms with Crippen LogP contribution in [0.3, 0.4) is 0 Å². The van der Waals surface area contributed by atoms with Crippen molar-refractivity contribution in [2.45, 2.75) is 6.61 Å². The summed E-state index contributed by atoms with van der Waals surface area (Å²) < 4.78 is 10.7. The van der Waals surface area contributed by atoms with Crippen molar-refractivity contribution in [2.24, 2.45) is 0 Å². The van der Waals surface area contributed by atoms with Gasteiger partial charge >= 0.3 is 0 Å². The third kappa shape index (κ3) is 2.93. The van der Waals surface area contributed by atoms with Crippen LogP contribution in [-0.2, 0) is 6.61 Å². The minimum absolute atomic E-state index is 0.266. The molecule has 0 amide bonds. The van der Waals surface area contributed by atoms with Gasteiger partial charge in [-0.2, -0.15) is 5.26 Å². The van der Waals surface area contributed by atoms with Crippen LogP contribution in [0.4, 0.5) is 5.69 Å². The van der Waals surface area contributed by atoms with Gasteiger partial charge in [0.25, 0.3) is 0 Å². The normalized spacial score (nSPS) is 9.68. The lowest BCUT2D eigenvalue weighted by Crippen LogP contribution is -2.00. The number of anilines is 1. The van der Waals surface area contributed by atoms with Gasteiger partial charge in [-0.05, 0) is 18.2 Å². The van der Waals surface area contributed by atoms with Crippen molar-refractivity contribution >= 4 is 5.69 Å². The van der Waals surface area contributed by atoms with E-state index in [9.17, 15) is 0 Å². The summed E-state index contributed by atoms with van der Waals surface area (Å²) in [7, 11) is 1.56. The fourth-order valence-corrected chi connectivity index (χ4v) is 1.62. The van der Waals surface area contributed by atoms with Gasteiger partial charge in [0.1, 0.15) is 29.9 Å². The Hall–Kier alpha value is -2.74. The highest BCUT2D eigenvalue weighted by molar-refractivity contribution is 5.56. The first-order chi connectivity index (χ1) is 9.24. The molecule has 0 aliphatic heterocycles. The van der Waals surface area contributed by atoms with Gasteiger partial charge in [-0.3, -0.25) is 0 Å². The van der Waals surface area contributed by atoms with Gasteiger partial charge in [-0.15, -0.1) is 0 Å². The maximum atomic E-state index is 8.92. The number of aromatic nitrogens is 1. The number of rotatable bonds is 4. The molecule has 2 aromatic rings. The number of hydrogen-bond acceptors (Lipinski definition) is 5. The second-order valence-electron chi connectivity index (χ2n) is 3.82. The molecule has 0 saturated carbocycles. The maximum absolute atomic E-state index is 8.92. The number of ether oxygens (including phenoxy) is 2. The summed E-state index contributed by atoms with van der Waals surface area (Å²) in [5, 5.41) is 8.92. The molecule has 5 nitrogen and oxygen atoms in total. The summed E-state index contributed by atoms with van der Waals surface area (Å²) in [5.74, 6) is 1.22. The van der Waals surface area contributed by atoms with Crippen molar-refractivity contribution in [3.05, 3.63) is 47.8 Å². The number of nitrogens with two attached hydrogens (primary N) is 1. The van der Waals surface area contributed by atoms with Crippen molar-refractivity contribution in [3.63, 3.8) is 0 Å². The predicted octanol–water partition coefficient (Wildman–Crippen LogP) is 2.12. The fourth-order valence-electron chi connectivity index (χ4n) is 1.62. The number of pyridine rings is 1. The van der Waals surface area contributed by atoms with E-state index in [1.807, 2.05) is 6.07 Å². The molecule has 0 fully saturated rings. The molecule has 0 unspecified atom stereocenters. The Morgan fingerprint density at radius 1 is 1.37 bits per heavy atom. The van der Waals surface area contributed by atoms with Crippen LogP contribution in [0.2, 0.25) is 0 Å². The van der Waals surface area contributed by atoms with E-state index >= 15 is 0 Å². The molecular formula is C14H13N3O2. The van der Waals surface area contributed by atoms with Crippen LogP contribution in [-0.4, -0.2) is 12.1 Å². The van der Waals surface area contributed by atoms with E-state index in [1.54, 1.807) is 43.6 Å². The van der Waals surface area contributed by atoms with Crippen molar-refractivity contribution in [1.29, 1.82) is 5.26 Å². The average Bonchev–Trinajstić information content (AvgIpc) is 2.45. The summed E-state index contributed by atoms with van der Waals surface area (Å²) >= 11 is 0. The van der Waals surface area contributed by atoms with Crippen molar-refractivity contribution in [1.82, 2.24) is 4.98 Å². The molecule has 0 aliphatic carbocycles. The van der Waals surface area contributed by atoms with E-state index in [0.29, 0.717) is 22.9 Å². The Balaban J connectivity index is 2.11. The Labute approximate surface area is 111 Å². The molecule has 1 heterocycles. The van der Waals surface area contributed by atoms with E-state index < -0.39 is 0 Å². The first kappa shape index (κ1) is 12.7. The SMILES string of the molecule is COc1ccc(OCc2cccnc2C#N)cc1N. The van der Waals surface area contributed by atoms with Crippen LogP contribution < -0.4 is 15.2 Å². The molecule has 2 N–H and O–H groups in total. The quantitative estimate of drug-likeness (QED) is 0.846. The monoisotopic (exact) mass is 255 g/mol. The zero-order valence-corrected chi connectivity index (χ0v) is 10.5. The maximum Gasteiger partial charge on any atom is 0.147 e. The van der Waals surface area contributed by atoms with Crippen molar-refractivity contribution in [2.75, 3.05) is 12.8 Å². The van der Waals surface area contributed by atoms with E-state index in [1.165, 1.54) is 0 Å². The number of benzene rings is 1. The molecule has 96 valence electrons. The molecule has 0 radical (unpaired) electrons. The molecule has 0 bridgehead atoms. The van der Waals surface area contributed by atoms with Crippen molar-refractivity contribution < 1.29 is 9.47 Å². The zero-order chi connectivity index (χ0) is 13.7. The lowest BCUT2D eigenvalue weighted by molar-refractivity contribution is 0.305. The molecule has 1 aromatic carbocycles.